The number of hydroxylamine groups is 1. The predicted molar refractivity (Wildman–Crippen MR) is 66.7 cm³/mol. The third kappa shape index (κ3) is 2.07. The van der Waals surface area contributed by atoms with Gasteiger partial charge in [0, 0.05) is 10.0 Å². The van der Waals surface area contributed by atoms with E-state index in [0.717, 1.165) is 22.2 Å². The van der Waals surface area contributed by atoms with Crippen molar-refractivity contribution in [1.29, 1.82) is 0 Å². The van der Waals surface area contributed by atoms with Crippen molar-refractivity contribution < 1.29 is 9.57 Å². The summed E-state index contributed by atoms with van der Waals surface area (Å²) in [5.74, 6) is 0.756. The molecule has 0 saturated carbocycles. The van der Waals surface area contributed by atoms with Crippen molar-refractivity contribution in [1.82, 2.24) is 5.48 Å². The quantitative estimate of drug-likeness (QED) is 0.868. The fraction of sp³-hybridized carbons (Fsp3) is 0.455. The smallest absolute Gasteiger partial charge is 0.143 e. The third-order valence-corrected chi connectivity index (χ3v) is 3.40. The van der Waals surface area contributed by atoms with Gasteiger partial charge in [-0.25, -0.2) is 0 Å². The number of nitrogens with one attached hydrogen (secondary N) is 1. The third-order valence-electron chi connectivity index (χ3n) is 2.66. The fourth-order valence-electron chi connectivity index (χ4n) is 1.94. The highest BCUT2D eigenvalue weighted by atomic mass is 79.9. The van der Waals surface area contributed by atoms with Crippen molar-refractivity contribution in [3.8, 4) is 5.75 Å². The minimum Gasteiger partial charge on any atom is -0.486 e. The highest BCUT2D eigenvalue weighted by molar-refractivity contribution is 9.10. The average Bonchev–Trinajstić information content (AvgIpc) is 2.58. The van der Waals surface area contributed by atoms with E-state index in [4.69, 9.17) is 21.2 Å². The average molecular weight is 307 g/mol. The number of hydrogen-bond acceptors (Lipinski definition) is 3. The maximum Gasteiger partial charge on any atom is 0.143 e. The summed E-state index contributed by atoms with van der Waals surface area (Å²) in [4.78, 5) is 5.01. The maximum absolute atomic E-state index is 6.14. The van der Waals surface area contributed by atoms with Crippen LogP contribution in [0.25, 0.3) is 0 Å². The van der Waals surface area contributed by atoms with Crippen LogP contribution in [0.3, 0.4) is 0 Å². The van der Waals surface area contributed by atoms with Crippen molar-refractivity contribution in [2.75, 3.05) is 7.11 Å². The first-order chi connectivity index (χ1) is 7.67. The molecule has 2 rings (SSSR count). The van der Waals surface area contributed by atoms with E-state index in [1.165, 1.54) is 0 Å². The summed E-state index contributed by atoms with van der Waals surface area (Å²) in [7, 11) is 1.60. The van der Waals surface area contributed by atoms with Crippen molar-refractivity contribution in [2.24, 2.45) is 0 Å². The van der Waals surface area contributed by atoms with Gasteiger partial charge in [-0.15, -0.1) is 0 Å². The second-order valence-corrected chi connectivity index (χ2v) is 4.99. The highest BCUT2D eigenvalue weighted by Crippen LogP contribution is 2.44. The van der Waals surface area contributed by atoms with Crippen molar-refractivity contribution in [3.05, 3.63) is 27.2 Å². The predicted octanol–water partition coefficient (Wildman–Crippen LogP) is 3.47. The first kappa shape index (κ1) is 12.2. The van der Waals surface area contributed by atoms with Crippen LogP contribution in [0.2, 0.25) is 5.02 Å². The Bertz CT molecular complexity index is 400. The van der Waals surface area contributed by atoms with Gasteiger partial charge >= 0.3 is 0 Å². The molecule has 1 aromatic carbocycles. The van der Waals surface area contributed by atoms with Crippen molar-refractivity contribution >= 4 is 27.5 Å². The molecule has 0 saturated heterocycles. The van der Waals surface area contributed by atoms with Gasteiger partial charge in [-0.3, -0.25) is 0 Å². The molecule has 3 nitrogen and oxygen atoms in total. The minimum absolute atomic E-state index is 0.0278. The Morgan fingerprint density at radius 3 is 2.94 bits per heavy atom. The van der Waals surface area contributed by atoms with Crippen LogP contribution >= 0.6 is 27.5 Å². The zero-order chi connectivity index (χ0) is 11.7. The van der Waals surface area contributed by atoms with Crippen molar-refractivity contribution in [2.45, 2.75) is 25.5 Å². The highest BCUT2D eigenvalue weighted by Gasteiger charge is 2.35. The molecule has 0 spiro atoms. The summed E-state index contributed by atoms with van der Waals surface area (Å²) in [5.41, 5.74) is 3.99. The van der Waals surface area contributed by atoms with E-state index in [0.29, 0.717) is 5.02 Å². The lowest BCUT2D eigenvalue weighted by molar-refractivity contribution is 0.0283. The van der Waals surface area contributed by atoms with Crippen LogP contribution < -0.4 is 10.2 Å². The van der Waals surface area contributed by atoms with Gasteiger partial charge in [0.15, 0.2) is 0 Å². The van der Waals surface area contributed by atoms with Crippen LogP contribution in [0.15, 0.2) is 16.6 Å². The van der Waals surface area contributed by atoms with Crippen LogP contribution in [0.4, 0.5) is 0 Å². The van der Waals surface area contributed by atoms with Gasteiger partial charge in [0.2, 0.25) is 0 Å². The second kappa shape index (κ2) is 4.92. The Morgan fingerprint density at radius 2 is 2.31 bits per heavy atom. The monoisotopic (exact) mass is 305 g/mol. The molecular formula is C11H13BrClNO2. The summed E-state index contributed by atoms with van der Waals surface area (Å²) >= 11 is 9.57. The van der Waals surface area contributed by atoms with Gasteiger partial charge in [0.05, 0.1) is 18.2 Å². The van der Waals surface area contributed by atoms with Gasteiger partial charge in [-0.2, -0.15) is 5.48 Å². The SMILES string of the molecule is CCC1Oc2c(Cl)cc(Br)cc2C1NOC. The summed E-state index contributed by atoms with van der Waals surface area (Å²) in [6.45, 7) is 2.07. The van der Waals surface area contributed by atoms with E-state index >= 15 is 0 Å². The number of hydrogen-bond donors (Lipinski definition) is 1. The van der Waals surface area contributed by atoms with E-state index in [-0.39, 0.29) is 12.1 Å². The minimum atomic E-state index is 0.0278. The molecule has 0 aliphatic carbocycles. The molecule has 5 heteroatoms. The number of halogens is 2. The second-order valence-electron chi connectivity index (χ2n) is 3.67. The molecule has 2 unspecified atom stereocenters. The first-order valence-corrected chi connectivity index (χ1v) is 6.28. The molecule has 16 heavy (non-hydrogen) atoms. The van der Waals surface area contributed by atoms with E-state index in [1.54, 1.807) is 7.11 Å². The van der Waals surface area contributed by atoms with Gasteiger partial charge < -0.3 is 9.57 Å². The normalized spacial score (nSPS) is 23.0. The van der Waals surface area contributed by atoms with Gasteiger partial charge in [-0.1, -0.05) is 34.5 Å². The fourth-order valence-corrected chi connectivity index (χ4v) is 2.82. The Kier molecular flexibility index (Phi) is 3.74. The lowest BCUT2D eigenvalue weighted by Crippen LogP contribution is -2.29. The largest absolute Gasteiger partial charge is 0.486 e. The van der Waals surface area contributed by atoms with Gasteiger partial charge in [0.1, 0.15) is 11.9 Å². The van der Waals surface area contributed by atoms with Crippen molar-refractivity contribution in [3.63, 3.8) is 0 Å². The molecule has 1 aliphatic heterocycles. The maximum atomic E-state index is 6.14. The number of ether oxygens (including phenoxy) is 1. The molecule has 1 aliphatic rings. The van der Waals surface area contributed by atoms with Gasteiger partial charge in [-0.05, 0) is 18.6 Å². The van der Waals surface area contributed by atoms with Crippen LogP contribution in [0.5, 0.6) is 5.75 Å². The number of fused-ring (bicyclic) bond motifs is 1. The van der Waals surface area contributed by atoms with E-state index in [2.05, 4.69) is 28.3 Å². The number of benzene rings is 1. The van der Waals surface area contributed by atoms with Gasteiger partial charge in [0.25, 0.3) is 0 Å². The van der Waals surface area contributed by atoms with E-state index < -0.39 is 0 Å². The Morgan fingerprint density at radius 1 is 1.56 bits per heavy atom. The summed E-state index contributed by atoms with van der Waals surface area (Å²) in [6, 6.07) is 3.87. The summed E-state index contributed by atoms with van der Waals surface area (Å²) in [6.07, 6.45) is 0.950. The van der Waals surface area contributed by atoms with E-state index in [9.17, 15) is 0 Å². The lowest BCUT2D eigenvalue weighted by Gasteiger charge is -2.17. The first-order valence-electron chi connectivity index (χ1n) is 5.11. The Balaban J connectivity index is 2.41. The zero-order valence-electron chi connectivity index (χ0n) is 9.09. The molecule has 0 bridgehead atoms. The molecule has 1 heterocycles. The molecule has 1 N–H and O–H groups in total. The topological polar surface area (TPSA) is 30.5 Å². The van der Waals surface area contributed by atoms with Crippen LogP contribution in [0, 0.1) is 0 Å². The van der Waals surface area contributed by atoms with Crippen LogP contribution in [-0.4, -0.2) is 13.2 Å². The molecule has 1 aromatic rings. The Hall–Kier alpha value is -0.290. The molecule has 2 atom stereocenters. The standard InChI is InChI=1S/C11H13BrClNO2/c1-3-9-10(14-15-2)7-4-6(12)5-8(13)11(7)16-9/h4-5,9-10,14H,3H2,1-2H3. The van der Waals surface area contributed by atoms with Crippen LogP contribution in [0.1, 0.15) is 24.9 Å². The summed E-state index contributed by atoms with van der Waals surface area (Å²) < 4.78 is 6.76. The van der Waals surface area contributed by atoms with Crippen LogP contribution in [-0.2, 0) is 4.84 Å². The Labute approximate surface area is 108 Å². The molecule has 88 valence electrons. The molecule has 0 fully saturated rings. The van der Waals surface area contributed by atoms with E-state index in [1.807, 2.05) is 12.1 Å². The molecule has 0 radical (unpaired) electrons. The molecular weight excluding hydrogens is 293 g/mol. The summed E-state index contributed by atoms with van der Waals surface area (Å²) in [5, 5.41) is 0.628. The zero-order valence-corrected chi connectivity index (χ0v) is 11.4. The molecule has 0 aromatic heterocycles. The lowest BCUT2D eigenvalue weighted by atomic mass is 10.0. The molecule has 0 amide bonds. The number of rotatable bonds is 3.